The highest BCUT2D eigenvalue weighted by atomic mass is 32.1. The first kappa shape index (κ1) is 62.8. The van der Waals surface area contributed by atoms with Crippen molar-refractivity contribution in [3.63, 3.8) is 0 Å². The van der Waals surface area contributed by atoms with Crippen LogP contribution in [0.1, 0.15) is 114 Å². The van der Waals surface area contributed by atoms with Gasteiger partial charge in [-0.2, -0.15) is 10.2 Å². The Labute approximate surface area is 507 Å². The van der Waals surface area contributed by atoms with Crippen LogP contribution in [-0.2, 0) is 97.8 Å². The van der Waals surface area contributed by atoms with Crippen molar-refractivity contribution < 1.29 is 38.2 Å². The Morgan fingerprint density at radius 2 is 1.03 bits per heavy atom. The highest BCUT2D eigenvalue weighted by molar-refractivity contribution is 7.15. The molecule has 0 aliphatic rings. The number of aryl methyl sites for hydroxylation is 4. The number of nitrogens with one attached hydrogen (secondary N) is 4. The first-order valence-electron chi connectivity index (χ1n) is 28.5. The molecule has 5 amide bonds. The third kappa shape index (κ3) is 21.4. The molecule has 0 spiro atoms. The second kappa shape index (κ2) is 32.2. The Morgan fingerprint density at radius 1 is 0.512 bits per heavy atom. The van der Waals surface area contributed by atoms with Crippen LogP contribution in [0.4, 0.5) is 26.7 Å². The van der Waals surface area contributed by atoms with Crippen LogP contribution in [0.25, 0.3) is 0 Å². The summed E-state index contributed by atoms with van der Waals surface area (Å²) in [6.07, 6.45) is 7.13. The summed E-state index contributed by atoms with van der Waals surface area (Å²) in [5.74, 6) is -0.502. The fourth-order valence-corrected chi connectivity index (χ4v) is 10.6. The summed E-state index contributed by atoms with van der Waals surface area (Å²) in [6.45, 7) is 5.39. The van der Waals surface area contributed by atoms with E-state index in [0.717, 1.165) is 81.3 Å². The van der Waals surface area contributed by atoms with E-state index in [1.807, 2.05) is 142 Å². The number of hydrogen-bond donors (Lipinski definition) is 4. The van der Waals surface area contributed by atoms with E-state index in [2.05, 4.69) is 62.1 Å². The lowest BCUT2D eigenvalue weighted by atomic mass is 9.96. The van der Waals surface area contributed by atoms with Gasteiger partial charge in [-0.15, -0.1) is 30.6 Å². The molecule has 0 saturated heterocycles. The van der Waals surface area contributed by atoms with E-state index in [9.17, 15) is 28.8 Å². The van der Waals surface area contributed by atoms with Crippen molar-refractivity contribution in [1.82, 2.24) is 46.1 Å². The molecule has 0 radical (unpaired) electrons. The van der Waals surface area contributed by atoms with Gasteiger partial charge in [-0.25, -0.2) is 4.79 Å². The van der Waals surface area contributed by atoms with Crippen LogP contribution in [0, 0.1) is 0 Å². The second-order valence-electron chi connectivity index (χ2n) is 21.1. The zero-order chi connectivity index (χ0) is 60.5. The average molecular weight is 1200 g/mol. The third-order valence-electron chi connectivity index (χ3n) is 13.2. The monoisotopic (exact) mass is 1200 g/mol. The fraction of sp³-hybridized carbons (Fsp3) is 0.333. The Hall–Kier alpha value is -9.22. The van der Waals surface area contributed by atoms with Crippen LogP contribution in [0.3, 0.4) is 0 Å². The van der Waals surface area contributed by atoms with Crippen molar-refractivity contribution >= 4 is 80.3 Å². The van der Waals surface area contributed by atoms with Crippen molar-refractivity contribution in [2.45, 2.75) is 129 Å². The van der Waals surface area contributed by atoms with Crippen molar-refractivity contribution in [1.29, 1.82) is 0 Å². The number of carbonyl (C=O) groups excluding carboxylic acids is 6. The summed E-state index contributed by atoms with van der Waals surface area (Å²) in [5.41, 5.74) is 5.68. The van der Waals surface area contributed by atoms with Crippen molar-refractivity contribution in [2.24, 2.45) is 0 Å². The SMILES string of the molecule is CCCC(=O)OCN(C(=O)Cc1cccc(CC(C)(C)OC(=O)NCc2ccc(CC(=O)Nc3nnc(CCCCc4ccc(NC(=O)Cc5ccccc5)nn4)s3)cc2)c1)c1nnc(CCCCc2ccc(NC(=O)Cc3ccccc3)nn2)s1. The number of unbranched alkanes of at least 4 members (excludes halogenated alkanes) is 2. The minimum atomic E-state index is -0.921. The number of ether oxygens (including phenoxy) is 2. The molecule has 0 aliphatic heterocycles. The van der Waals surface area contributed by atoms with Gasteiger partial charge in [-0.05, 0) is 116 Å². The van der Waals surface area contributed by atoms with Crippen LogP contribution in [0.5, 0.6) is 0 Å². The number of nitrogens with zero attached hydrogens (tertiary/aromatic N) is 9. The maximum Gasteiger partial charge on any atom is 0.407 e. The molecular formula is C63H69N13O8S2. The standard InChI is InChI=1S/C63H69N13O8S2/c1-4-16-59(81)83-42-76(61-75-73-57(86-61)26-14-12-24-50-32-34-52(71-69-50)66-54(78)37-44-19-9-6-10-20-44)58(80)39-47-21-15-22-48(35-47)40-63(2,3)84-62(82)64-41-46-29-27-45(28-30-46)38-55(79)67-60-74-72-56(85-60)25-13-11-23-49-31-33-51(70-68-49)65-53(77)36-43-17-7-5-8-18-43/h5-10,15,17-22,27-35H,4,11-14,16,23-26,36-42H2,1-3H3,(H,64,82)(H,65,70,77)(H,66,71,78)(H,67,74,79). The minimum absolute atomic E-state index is 0.0156. The molecule has 86 heavy (non-hydrogen) atoms. The highest BCUT2D eigenvalue weighted by Gasteiger charge is 2.26. The smallest absolute Gasteiger partial charge is 0.407 e. The van der Waals surface area contributed by atoms with Gasteiger partial charge in [0.2, 0.25) is 33.9 Å². The molecule has 4 N–H and O–H groups in total. The largest absolute Gasteiger partial charge is 0.444 e. The lowest BCUT2D eigenvalue weighted by Gasteiger charge is -2.25. The van der Waals surface area contributed by atoms with E-state index < -0.39 is 17.7 Å². The molecule has 4 aromatic heterocycles. The fourth-order valence-electron chi connectivity index (χ4n) is 8.96. The molecular weight excluding hydrogens is 1130 g/mol. The summed E-state index contributed by atoms with van der Waals surface area (Å²) in [7, 11) is 0. The van der Waals surface area contributed by atoms with Crippen LogP contribution in [0.2, 0.25) is 0 Å². The molecule has 23 heteroatoms. The molecule has 0 atom stereocenters. The number of amides is 5. The van der Waals surface area contributed by atoms with Crippen molar-refractivity contribution in [3.8, 4) is 0 Å². The van der Waals surface area contributed by atoms with Gasteiger partial charge in [0, 0.05) is 32.2 Å². The molecule has 8 aromatic rings. The van der Waals surface area contributed by atoms with Gasteiger partial charge < -0.3 is 30.7 Å². The number of benzene rings is 4. The zero-order valence-electron chi connectivity index (χ0n) is 48.3. The molecule has 0 fully saturated rings. The van der Waals surface area contributed by atoms with Gasteiger partial charge in [0.1, 0.15) is 15.6 Å². The predicted octanol–water partition coefficient (Wildman–Crippen LogP) is 9.77. The zero-order valence-corrected chi connectivity index (χ0v) is 50.0. The molecule has 4 heterocycles. The Bertz CT molecular complexity index is 3500. The van der Waals surface area contributed by atoms with Crippen molar-refractivity contribution in [2.75, 3.05) is 27.6 Å². The first-order chi connectivity index (χ1) is 41.7. The van der Waals surface area contributed by atoms with E-state index in [-0.39, 0.29) is 69.0 Å². The van der Waals surface area contributed by atoms with E-state index in [1.165, 1.54) is 27.6 Å². The van der Waals surface area contributed by atoms with E-state index >= 15 is 0 Å². The van der Waals surface area contributed by atoms with Crippen LogP contribution in [0.15, 0.2) is 133 Å². The van der Waals surface area contributed by atoms with Crippen LogP contribution < -0.4 is 26.2 Å². The Morgan fingerprint density at radius 3 is 1.62 bits per heavy atom. The maximum atomic E-state index is 14.0. The number of rotatable bonds is 31. The third-order valence-corrected chi connectivity index (χ3v) is 15.1. The van der Waals surface area contributed by atoms with E-state index in [1.54, 1.807) is 12.1 Å². The number of anilines is 4. The number of esters is 1. The van der Waals surface area contributed by atoms with Gasteiger partial charge in [0.05, 0.1) is 37.1 Å². The minimum Gasteiger partial charge on any atom is -0.444 e. The van der Waals surface area contributed by atoms with E-state index in [4.69, 9.17) is 9.47 Å². The second-order valence-corrected chi connectivity index (χ2v) is 23.2. The lowest BCUT2D eigenvalue weighted by molar-refractivity contribution is -0.144. The molecule has 0 unspecified atom stereocenters. The number of aromatic nitrogens is 8. The quantitative estimate of drug-likeness (QED) is 0.0179. The van der Waals surface area contributed by atoms with Crippen molar-refractivity contribution in [3.05, 3.63) is 188 Å². The lowest BCUT2D eigenvalue weighted by Crippen LogP contribution is -2.36. The summed E-state index contributed by atoms with van der Waals surface area (Å²) in [6, 6.07) is 41.0. The number of hydrogen-bond acceptors (Lipinski definition) is 18. The van der Waals surface area contributed by atoms with Gasteiger partial charge >= 0.3 is 12.1 Å². The summed E-state index contributed by atoms with van der Waals surface area (Å²) >= 11 is 2.61. The molecule has 4 aromatic carbocycles. The Kier molecular flexibility index (Phi) is 23.5. The van der Waals surface area contributed by atoms with Crippen LogP contribution >= 0.6 is 22.7 Å². The number of alkyl carbamates (subject to hydrolysis) is 1. The molecule has 8 rings (SSSR count). The predicted molar refractivity (Wildman–Crippen MR) is 328 cm³/mol. The first-order valence-corrected chi connectivity index (χ1v) is 30.2. The topological polar surface area (TPSA) is 275 Å². The normalized spacial score (nSPS) is 11.1. The Balaban J connectivity index is 0.723. The van der Waals surface area contributed by atoms with E-state index in [0.29, 0.717) is 59.6 Å². The summed E-state index contributed by atoms with van der Waals surface area (Å²) in [4.78, 5) is 78.6. The van der Waals surface area contributed by atoms with Gasteiger partial charge in [0.25, 0.3) is 0 Å². The molecule has 21 nitrogen and oxygen atoms in total. The van der Waals surface area contributed by atoms with Gasteiger partial charge in [-0.1, -0.05) is 139 Å². The summed E-state index contributed by atoms with van der Waals surface area (Å²) in [5, 5.41) is 47.5. The van der Waals surface area contributed by atoms with Crippen LogP contribution in [-0.4, -0.2) is 88.8 Å². The summed E-state index contributed by atoms with van der Waals surface area (Å²) < 4.78 is 11.4. The number of carbonyl (C=O) groups is 6. The molecule has 0 bridgehead atoms. The average Bonchev–Trinajstić information content (AvgIpc) is 4.06. The molecule has 446 valence electrons. The highest BCUT2D eigenvalue weighted by Crippen LogP contribution is 2.25. The van der Waals surface area contributed by atoms with Gasteiger partial charge in [0.15, 0.2) is 18.4 Å². The molecule has 0 aliphatic carbocycles. The molecule has 0 saturated carbocycles. The van der Waals surface area contributed by atoms with Gasteiger partial charge in [-0.3, -0.25) is 28.9 Å². The maximum absolute atomic E-state index is 14.0.